The summed E-state index contributed by atoms with van der Waals surface area (Å²) >= 11 is 0. The number of benzene rings is 9. The van der Waals surface area contributed by atoms with Gasteiger partial charge in [-0.05, 0) is 98.6 Å². The smallest absolute Gasteiger partial charge is 0.136 e. The lowest BCUT2D eigenvalue weighted by molar-refractivity contribution is 0.669. The first-order chi connectivity index (χ1) is 25.8. The summed E-state index contributed by atoms with van der Waals surface area (Å²) in [5, 5.41) is 7.04. The van der Waals surface area contributed by atoms with E-state index in [1.54, 1.807) is 0 Å². The summed E-state index contributed by atoms with van der Waals surface area (Å²) < 4.78 is 6.39. The number of anilines is 3. The van der Waals surface area contributed by atoms with Gasteiger partial charge < -0.3 is 9.32 Å². The quantitative estimate of drug-likeness (QED) is 0.176. The van der Waals surface area contributed by atoms with Gasteiger partial charge in [-0.15, -0.1) is 0 Å². The molecule has 0 atom stereocenters. The molecule has 0 saturated carbocycles. The van der Waals surface area contributed by atoms with Crippen molar-refractivity contribution >= 4 is 60.5 Å². The molecule has 2 heteroatoms. The third-order valence-corrected chi connectivity index (χ3v) is 10.2. The fourth-order valence-corrected chi connectivity index (χ4v) is 7.67. The van der Waals surface area contributed by atoms with Crippen LogP contribution in [0.2, 0.25) is 0 Å². The zero-order valence-corrected chi connectivity index (χ0v) is 28.4. The summed E-state index contributed by atoms with van der Waals surface area (Å²) in [5.74, 6) is 0. The Hall–Kier alpha value is -6.90. The Labute approximate surface area is 302 Å². The van der Waals surface area contributed by atoms with E-state index in [1.165, 1.54) is 43.8 Å². The number of para-hydroxylation sites is 1. The lowest BCUT2D eigenvalue weighted by atomic mass is 9.97. The Balaban J connectivity index is 1.12. The number of hydrogen-bond donors (Lipinski definition) is 0. The second-order valence-corrected chi connectivity index (χ2v) is 13.4. The van der Waals surface area contributed by atoms with E-state index in [0.717, 1.165) is 50.1 Å². The summed E-state index contributed by atoms with van der Waals surface area (Å²) in [6, 6.07) is 71.8. The van der Waals surface area contributed by atoms with Crippen LogP contribution in [-0.2, 0) is 0 Å². The van der Waals surface area contributed by atoms with Gasteiger partial charge in [0.1, 0.15) is 11.2 Å². The average Bonchev–Trinajstić information content (AvgIpc) is 3.57. The molecule has 0 aliphatic heterocycles. The molecular weight excluding hydrogens is 631 g/mol. The Morgan fingerprint density at radius 1 is 0.308 bits per heavy atom. The van der Waals surface area contributed by atoms with Crippen molar-refractivity contribution in [2.24, 2.45) is 0 Å². The van der Waals surface area contributed by atoms with Gasteiger partial charge in [-0.25, -0.2) is 0 Å². The van der Waals surface area contributed by atoms with Crippen LogP contribution in [0.4, 0.5) is 17.1 Å². The number of rotatable bonds is 6. The zero-order chi connectivity index (χ0) is 34.4. The molecule has 0 spiro atoms. The van der Waals surface area contributed by atoms with Gasteiger partial charge in [0.05, 0.1) is 11.4 Å². The van der Waals surface area contributed by atoms with Gasteiger partial charge in [-0.1, -0.05) is 146 Å². The molecule has 52 heavy (non-hydrogen) atoms. The minimum atomic E-state index is 0.893. The average molecular weight is 664 g/mol. The first kappa shape index (κ1) is 30.0. The Morgan fingerprint density at radius 2 is 0.885 bits per heavy atom. The Bertz CT molecular complexity index is 2900. The van der Waals surface area contributed by atoms with Gasteiger partial charge in [-0.2, -0.15) is 0 Å². The molecule has 0 unspecified atom stereocenters. The molecule has 0 amide bonds. The third kappa shape index (κ3) is 5.21. The molecule has 1 heterocycles. The summed E-state index contributed by atoms with van der Waals surface area (Å²) in [4.78, 5) is 2.41. The van der Waals surface area contributed by atoms with E-state index in [0.29, 0.717) is 0 Å². The first-order valence-corrected chi connectivity index (χ1v) is 17.8. The highest BCUT2D eigenvalue weighted by Crippen LogP contribution is 2.45. The zero-order valence-electron chi connectivity index (χ0n) is 28.4. The van der Waals surface area contributed by atoms with Crippen molar-refractivity contribution < 1.29 is 4.42 Å². The summed E-state index contributed by atoms with van der Waals surface area (Å²) in [7, 11) is 0. The van der Waals surface area contributed by atoms with Crippen molar-refractivity contribution in [3.05, 3.63) is 200 Å². The fraction of sp³-hybridized carbons (Fsp3) is 0. The van der Waals surface area contributed by atoms with E-state index >= 15 is 0 Å². The number of hydrogen-bond acceptors (Lipinski definition) is 2. The molecule has 0 bridgehead atoms. The minimum absolute atomic E-state index is 0.893. The Morgan fingerprint density at radius 3 is 1.71 bits per heavy atom. The molecule has 1 aromatic heterocycles. The summed E-state index contributed by atoms with van der Waals surface area (Å²) in [5.41, 5.74) is 12.2. The monoisotopic (exact) mass is 663 g/mol. The normalized spacial score (nSPS) is 11.5. The molecule has 0 aliphatic carbocycles. The van der Waals surface area contributed by atoms with E-state index in [2.05, 4.69) is 205 Å². The first-order valence-electron chi connectivity index (χ1n) is 17.8. The molecule has 0 saturated heterocycles. The van der Waals surface area contributed by atoms with E-state index in [9.17, 15) is 0 Å². The van der Waals surface area contributed by atoms with Crippen LogP contribution in [0.5, 0.6) is 0 Å². The number of nitrogens with zero attached hydrogens (tertiary/aromatic N) is 1. The molecule has 0 radical (unpaired) electrons. The lowest BCUT2D eigenvalue weighted by Crippen LogP contribution is -2.11. The maximum Gasteiger partial charge on any atom is 0.136 e. The van der Waals surface area contributed by atoms with E-state index in [-0.39, 0.29) is 0 Å². The highest BCUT2D eigenvalue weighted by molar-refractivity contribution is 6.11. The van der Waals surface area contributed by atoms with E-state index in [1.807, 2.05) is 0 Å². The van der Waals surface area contributed by atoms with Crippen molar-refractivity contribution in [3.8, 4) is 33.4 Å². The number of furan rings is 1. The Kier molecular flexibility index (Phi) is 7.18. The molecule has 2 nitrogen and oxygen atoms in total. The van der Waals surface area contributed by atoms with E-state index < -0.39 is 0 Å². The molecule has 0 fully saturated rings. The molecule has 244 valence electrons. The van der Waals surface area contributed by atoms with Gasteiger partial charge in [0.15, 0.2) is 0 Å². The molecule has 10 aromatic rings. The molecule has 0 aliphatic rings. The van der Waals surface area contributed by atoms with Crippen LogP contribution < -0.4 is 4.90 Å². The topological polar surface area (TPSA) is 16.4 Å². The van der Waals surface area contributed by atoms with Gasteiger partial charge in [0.25, 0.3) is 0 Å². The molecule has 0 N–H and O–H groups in total. The second-order valence-electron chi connectivity index (χ2n) is 13.4. The van der Waals surface area contributed by atoms with Crippen molar-refractivity contribution in [1.29, 1.82) is 0 Å². The van der Waals surface area contributed by atoms with Crippen LogP contribution in [0.25, 0.3) is 76.9 Å². The van der Waals surface area contributed by atoms with Gasteiger partial charge in [0, 0.05) is 27.4 Å². The van der Waals surface area contributed by atoms with Crippen molar-refractivity contribution in [1.82, 2.24) is 0 Å². The second kappa shape index (κ2) is 12.5. The highest BCUT2D eigenvalue weighted by atomic mass is 16.3. The minimum Gasteiger partial charge on any atom is -0.456 e. The SMILES string of the molecule is c1ccc(-c2cccc(-c3ccc(N(c4ccccc4-c4ccc5oc6cc7ccccc7cc6c5c4)c4cccc5ccccc45)cc3)c2)cc1. The molecular formula is C50H33NO. The van der Waals surface area contributed by atoms with Crippen LogP contribution >= 0.6 is 0 Å². The fourth-order valence-electron chi connectivity index (χ4n) is 7.67. The predicted octanol–water partition coefficient (Wildman–Crippen LogP) is 14.4. The van der Waals surface area contributed by atoms with Crippen molar-refractivity contribution in [2.75, 3.05) is 4.90 Å². The maximum atomic E-state index is 6.39. The van der Waals surface area contributed by atoms with E-state index in [4.69, 9.17) is 4.42 Å². The van der Waals surface area contributed by atoms with Crippen LogP contribution in [0.1, 0.15) is 0 Å². The van der Waals surface area contributed by atoms with Gasteiger partial charge in [-0.3, -0.25) is 0 Å². The van der Waals surface area contributed by atoms with Crippen LogP contribution in [0, 0.1) is 0 Å². The van der Waals surface area contributed by atoms with Gasteiger partial charge in [0.2, 0.25) is 0 Å². The number of fused-ring (bicyclic) bond motifs is 5. The summed E-state index contributed by atoms with van der Waals surface area (Å²) in [6.45, 7) is 0. The summed E-state index contributed by atoms with van der Waals surface area (Å²) in [6.07, 6.45) is 0. The van der Waals surface area contributed by atoms with Crippen LogP contribution in [0.15, 0.2) is 205 Å². The molecule has 10 rings (SSSR count). The lowest BCUT2D eigenvalue weighted by Gasteiger charge is -2.29. The highest BCUT2D eigenvalue weighted by Gasteiger charge is 2.20. The van der Waals surface area contributed by atoms with Crippen molar-refractivity contribution in [2.45, 2.75) is 0 Å². The van der Waals surface area contributed by atoms with Crippen molar-refractivity contribution in [3.63, 3.8) is 0 Å². The largest absolute Gasteiger partial charge is 0.456 e. The third-order valence-electron chi connectivity index (χ3n) is 10.2. The molecule has 9 aromatic carbocycles. The predicted molar refractivity (Wildman–Crippen MR) is 220 cm³/mol. The van der Waals surface area contributed by atoms with Crippen LogP contribution in [0.3, 0.4) is 0 Å². The standard InChI is InChI=1S/C50H33NO/c1-2-12-34(13-3-1)37-18-10-19-38(30-37)35-24-27-42(28-25-35)51(48-23-11-17-36-14-6-7-20-43(36)48)47-22-9-8-21-44(47)41-26-29-49-45(32-41)46-31-39-15-4-5-16-40(39)33-50(46)52-49/h1-33H. The van der Waals surface area contributed by atoms with Gasteiger partial charge >= 0.3 is 0 Å². The van der Waals surface area contributed by atoms with Crippen LogP contribution in [-0.4, -0.2) is 0 Å². The maximum absolute atomic E-state index is 6.39.